The van der Waals surface area contributed by atoms with E-state index in [1.807, 2.05) is 0 Å². The molecule has 2 heteroatoms. The first kappa shape index (κ1) is 10.0. The van der Waals surface area contributed by atoms with Crippen LogP contribution in [0.2, 0.25) is 0 Å². The number of rotatable bonds is 0. The molecule has 1 heterocycles. The first-order valence-corrected chi connectivity index (χ1v) is 4.85. The van der Waals surface area contributed by atoms with Gasteiger partial charge in [0.2, 0.25) is 0 Å². The lowest BCUT2D eigenvalue weighted by molar-refractivity contribution is 0.0828. The Balaban J connectivity index is 2.57. The molecule has 0 aromatic carbocycles. The lowest BCUT2D eigenvalue weighted by atomic mass is 9.84. The minimum absolute atomic E-state index is 0.391. The highest BCUT2D eigenvalue weighted by Gasteiger charge is 2.31. The number of hydrogen-bond acceptors (Lipinski definition) is 2. The number of likely N-dealkylation sites (N-methyl/N-ethyl adjacent to an activating group) is 1. The summed E-state index contributed by atoms with van der Waals surface area (Å²) < 4.78 is 0. The Morgan fingerprint density at radius 2 is 1.92 bits per heavy atom. The van der Waals surface area contributed by atoms with Gasteiger partial charge in [0.05, 0.1) is 0 Å². The lowest BCUT2D eigenvalue weighted by Crippen LogP contribution is -2.58. The van der Waals surface area contributed by atoms with Crippen LogP contribution in [0.4, 0.5) is 0 Å². The van der Waals surface area contributed by atoms with E-state index in [1.54, 1.807) is 0 Å². The Labute approximate surface area is 76.3 Å². The molecule has 1 aliphatic heterocycles. The summed E-state index contributed by atoms with van der Waals surface area (Å²) in [7, 11) is 2.23. The van der Waals surface area contributed by atoms with Crippen LogP contribution in [0.1, 0.15) is 27.7 Å². The summed E-state index contributed by atoms with van der Waals surface area (Å²) in [5, 5.41) is 3.53. The van der Waals surface area contributed by atoms with E-state index >= 15 is 0 Å². The summed E-state index contributed by atoms with van der Waals surface area (Å²) in [5.74, 6) is 0. The molecule has 12 heavy (non-hydrogen) atoms. The van der Waals surface area contributed by atoms with Crippen molar-refractivity contribution >= 4 is 0 Å². The molecule has 0 aliphatic carbocycles. The number of hydrogen-bond donors (Lipinski definition) is 1. The fraction of sp³-hybridized carbons (Fsp3) is 1.00. The molecule has 0 saturated carbocycles. The van der Waals surface area contributed by atoms with E-state index in [1.165, 1.54) is 6.54 Å². The molecule has 0 bridgehead atoms. The fourth-order valence-corrected chi connectivity index (χ4v) is 2.06. The van der Waals surface area contributed by atoms with Gasteiger partial charge in [-0.3, -0.25) is 0 Å². The van der Waals surface area contributed by atoms with E-state index in [-0.39, 0.29) is 0 Å². The van der Waals surface area contributed by atoms with E-state index in [9.17, 15) is 0 Å². The van der Waals surface area contributed by atoms with Crippen molar-refractivity contribution in [1.29, 1.82) is 0 Å². The molecule has 0 amide bonds. The van der Waals surface area contributed by atoms with Crippen LogP contribution in [0, 0.1) is 5.41 Å². The zero-order chi connectivity index (χ0) is 9.35. The van der Waals surface area contributed by atoms with E-state index in [0.717, 1.165) is 6.54 Å². The smallest absolute Gasteiger partial charge is 0.0266 e. The Morgan fingerprint density at radius 1 is 1.33 bits per heavy atom. The second-order valence-corrected chi connectivity index (χ2v) is 5.13. The van der Waals surface area contributed by atoms with Crippen LogP contribution in [0.3, 0.4) is 0 Å². The van der Waals surface area contributed by atoms with Crippen LogP contribution in [0.5, 0.6) is 0 Å². The van der Waals surface area contributed by atoms with E-state index < -0.39 is 0 Å². The van der Waals surface area contributed by atoms with Crippen LogP contribution >= 0.6 is 0 Å². The lowest BCUT2D eigenvalue weighted by Gasteiger charge is -2.43. The molecule has 2 atom stereocenters. The number of piperazine rings is 1. The van der Waals surface area contributed by atoms with Gasteiger partial charge in [-0.1, -0.05) is 20.8 Å². The molecule has 72 valence electrons. The standard InChI is InChI=1S/C10H22N2/c1-8-7-12(5)9(6-11-8)10(2,3)4/h8-9,11H,6-7H2,1-5H3. The average Bonchev–Trinajstić information content (AvgIpc) is 1.83. The largest absolute Gasteiger partial charge is 0.311 e. The number of nitrogens with one attached hydrogen (secondary N) is 1. The van der Waals surface area contributed by atoms with E-state index in [2.05, 4.69) is 45.0 Å². The van der Waals surface area contributed by atoms with Crippen molar-refractivity contribution in [2.24, 2.45) is 5.41 Å². The minimum atomic E-state index is 0.391. The maximum atomic E-state index is 3.53. The highest BCUT2D eigenvalue weighted by atomic mass is 15.2. The second-order valence-electron chi connectivity index (χ2n) is 5.13. The first-order chi connectivity index (χ1) is 5.41. The van der Waals surface area contributed by atoms with Gasteiger partial charge in [-0.2, -0.15) is 0 Å². The zero-order valence-electron chi connectivity index (χ0n) is 9.02. The van der Waals surface area contributed by atoms with Gasteiger partial charge in [0.1, 0.15) is 0 Å². The van der Waals surface area contributed by atoms with Crippen LogP contribution in [0.15, 0.2) is 0 Å². The summed E-state index contributed by atoms with van der Waals surface area (Å²) in [4.78, 5) is 2.47. The average molecular weight is 170 g/mol. The molecule has 1 N–H and O–H groups in total. The molecular formula is C10H22N2. The topological polar surface area (TPSA) is 15.3 Å². The Hall–Kier alpha value is -0.0800. The van der Waals surface area contributed by atoms with Crippen molar-refractivity contribution in [3.63, 3.8) is 0 Å². The maximum Gasteiger partial charge on any atom is 0.0266 e. The van der Waals surface area contributed by atoms with Crippen LogP contribution < -0.4 is 5.32 Å². The predicted molar refractivity (Wildman–Crippen MR) is 53.3 cm³/mol. The third kappa shape index (κ3) is 2.20. The van der Waals surface area contributed by atoms with Crippen molar-refractivity contribution in [3.05, 3.63) is 0 Å². The van der Waals surface area contributed by atoms with Crippen LogP contribution in [-0.2, 0) is 0 Å². The minimum Gasteiger partial charge on any atom is -0.311 e. The van der Waals surface area contributed by atoms with Gasteiger partial charge in [-0.15, -0.1) is 0 Å². The van der Waals surface area contributed by atoms with Crippen molar-refractivity contribution < 1.29 is 0 Å². The molecule has 1 saturated heterocycles. The third-order valence-electron chi connectivity index (χ3n) is 2.75. The Morgan fingerprint density at radius 3 is 2.33 bits per heavy atom. The van der Waals surface area contributed by atoms with E-state index in [0.29, 0.717) is 17.5 Å². The molecule has 0 aromatic rings. The Bertz CT molecular complexity index is 148. The van der Waals surface area contributed by atoms with Gasteiger partial charge in [-0.05, 0) is 19.4 Å². The molecule has 1 fully saturated rings. The van der Waals surface area contributed by atoms with Gasteiger partial charge >= 0.3 is 0 Å². The molecule has 0 spiro atoms. The van der Waals surface area contributed by atoms with Crippen LogP contribution in [0.25, 0.3) is 0 Å². The maximum absolute atomic E-state index is 3.53. The normalized spacial score (nSPS) is 33.8. The molecule has 1 rings (SSSR count). The zero-order valence-corrected chi connectivity index (χ0v) is 9.02. The predicted octanol–water partition coefficient (Wildman–Crippen LogP) is 1.32. The van der Waals surface area contributed by atoms with Gasteiger partial charge < -0.3 is 10.2 Å². The first-order valence-electron chi connectivity index (χ1n) is 4.85. The molecule has 0 radical (unpaired) electrons. The quantitative estimate of drug-likeness (QED) is 0.590. The SMILES string of the molecule is CC1CN(C)C(C(C)(C)C)CN1. The van der Waals surface area contributed by atoms with Gasteiger partial charge in [0.15, 0.2) is 0 Å². The highest BCUT2D eigenvalue weighted by molar-refractivity contribution is 4.89. The summed E-state index contributed by atoms with van der Waals surface area (Å²) >= 11 is 0. The van der Waals surface area contributed by atoms with Gasteiger partial charge in [-0.25, -0.2) is 0 Å². The van der Waals surface area contributed by atoms with Gasteiger partial charge in [0.25, 0.3) is 0 Å². The summed E-state index contributed by atoms with van der Waals surface area (Å²) in [6.45, 7) is 11.5. The van der Waals surface area contributed by atoms with Crippen molar-refractivity contribution in [1.82, 2.24) is 10.2 Å². The molecule has 0 aromatic heterocycles. The monoisotopic (exact) mass is 170 g/mol. The van der Waals surface area contributed by atoms with Gasteiger partial charge in [0, 0.05) is 25.2 Å². The third-order valence-corrected chi connectivity index (χ3v) is 2.75. The Kier molecular flexibility index (Phi) is 2.79. The van der Waals surface area contributed by atoms with Crippen molar-refractivity contribution in [3.8, 4) is 0 Å². The van der Waals surface area contributed by atoms with Crippen LogP contribution in [-0.4, -0.2) is 37.1 Å². The molecule has 1 aliphatic rings. The highest BCUT2D eigenvalue weighted by Crippen LogP contribution is 2.24. The fourth-order valence-electron chi connectivity index (χ4n) is 2.06. The van der Waals surface area contributed by atoms with Crippen molar-refractivity contribution in [2.45, 2.75) is 39.8 Å². The summed E-state index contributed by atoms with van der Waals surface area (Å²) in [6.07, 6.45) is 0. The summed E-state index contributed by atoms with van der Waals surface area (Å²) in [5.41, 5.74) is 0.391. The second kappa shape index (κ2) is 3.35. The van der Waals surface area contributed by atoms with E-state index in [4.69, 9.17) is 0 Å². The summed E-state index contributed by atoms with van der Waals surface area (Å²) in [6, 6.07) is 1.32. The number of nitrogens with zero attached hydrogens (tertiary/aromatic N) is 1. The molecule has 2 unspecified atom stereocenters. The molecular weight excluding hydrogens is 148 g/mol. The van der Waals surface area contributed by atoms with Crippen molar-refractivity contribution in [2.75, 3.05) is 20.1 Å². The molecule has 2 nitrogen and oxygen atoms in total.